The van der Waals surface area contributed by atoms with Crippen LogP contribution in [0.25, 0.3) is 10.1 Å². The van der Waals surface area contributed by atoms with E-state index in [4.69, 9.17) is 10.2 Å². The van der Waals surface area contributed by atoms with Crippen LogP contribution in [0.5, 0.6) is 0 Å². The SMILES string of the molecule is O=C(NCCC(O)C(=O)O)Nc1ccc2sccc2c1. The van der Waals surface area contributed by atoms with Gasteiger partial charge in [-0.3, -0.25) is 0 Å². The molecule has 0 aliphatic heterocycles. The van der Waals surface area contributed by atoms with Gasteiger partial charge in [-0.05, 0) is 35.0 Å². The number of carboxylic acid groups (broad SMARTS) is 1. The molecule has 1 heterocycles. The lowest BCUT2D eigenvalue weighted by atomic mass is 10.2. The molecule has 106 valence electrons. The van der Waals surface area contributed by atoms with Gasteiger partial charge in [-0.2, -0.15) is 0 Å². The number of fused-ring (bicyclic) bond motifs is 1. The number of urea groups is 1. The van der Waals surface area contributed by atoms with Crippen molar-refractivity contribution < 1.29 is 19.8 Å². The molecule has 4 N–H and O–H groups in total. The zero-order chi connectivity index (χ0) is 14.5. The van der Waals surface area contributed by atoms with Gasteiger partial charge in [-0.1, -0.05) is 0 Å². The van der Waals surface area contributed by atoms with Crippen LogP contribution in [-0.2, 0) is 4.79 Å². The number of carboxylic acids is 1. The van der Waals surface area contributed by atoms with Gasteiger partial charge in [0.15, 0.2) is 6.10 Å². The second-order valence-corrected chi connectivity index (χ2v) is 5.14. The maximum Gasteiger partial charge on any atom is 0.332 e. The van der Waals surface area contributed by atoms with E-state index in [1.807, 2.05) is 23.6 Å². The molecule has 1 unspecified atom stereocenters. The Hall–Kier alpha value is -2.12. The molecular formula is C13H14N2O4S. The van der Waals surface area contributed by atoms with Crippen LogP contribution in [0.15, 0.2) is 29.6 Å². The number of benzene rings is 1. The standard InChI is InChI=1S/C13H14N2O4S/c16-10(12(17)18)3-5-14-13(19)15-9-1-2-11-8(7-9)4-6-20-11/h1-2,4,6-7,10,16H,3,5H2,(H,17,18)(H2,14,15,19). The number of anilines is 1. The van der Waals surface area contributed by atoms with E-state index < -0.39 is 18.1 Å². The Morgan fingerprint density at radius 1 is 1.30 bits per heavy atom. The minimum atomic E-state index is -1.46. The van der Waals surface area contributed by atoms with Crippen LogP contribution in [0, 0.1) is 0 Å². The summed E-state index contributed by atoms with van der Waals surface area (Å²) in [7, 11) is 0. The second kappa shape index (κ2) is 6.36. The van der Waals surface area contributed by atoms with E-state index in [0.717, 1.165) is 10.1 Å². The molecule has 0 aliphatic rings. The van der Waals surface area contributed by atoms with Gasteiger partial charge in [-0.15, -0.1) is 11.3 Å². The molecule has 0 spiro atoms. The zero-order valence-electron chi connectivity index (χ0n) is 10.5. The fourth-order valence-electron chi connectivity index (χ4n) is 1.67. The summed E-state index contributed by atoms with van der Waals surface area (Å²) in [5.41, 5.74) is 0.659. The quantitative estimate of drug-likeness (QED) is 0.676. The fraction of sp³-hybridized carbons (Fsp3) is 0.231. The van der Waals surface area contributed by atoms with Crippen molar-refractivity contribution in [1.29, 1.82) is 0 Å². The maximum atomic E-state index is 11.6. The first kappa shape index (κ1) is 14.3. The molecule has 1 aromatic heterocycles. The maximum absolute atomic E-state index is 11.6. The average Bonchev–Trinajstić information content (AvgIpc) is 2.85. The van der Waals surface area contributed by atoms with Gasteiger partial charge in [0, 0.05) is 23.4 Å². The number of amides is 2. The van der Waals surface area contributed by atoms with Crippen molar-refractivity contribution in [2.75, 3.05) is 11.9 Å². The topological polar surface area (TPSA) is 98.7 Å². The number of aliphatic carboxylic acids is 1. The Morgan fingerprint density at radius 3 is 2.85 bits per heavy atom. The normalized spacial score (nSPS) is 12.1. The Morgan fingerprint density at radius 2 is 2.10 bits per heavy atom. The van der Waals surface area contributed by atoms with E-state index in [-0.39, 0.29) is 13.0 Å². The Labute approximate surface area is 119 Å². The van der Waals surface area contributed by atoms with Gasteiger partial charge in [0.2, 0.25) is 0 Å². The van der Waals surface area contributed by atoms with Crippen LogP contribution in [0.1, 0.15) is 6.42 Å². The molecule has 0 radical (unpaired) electrons. The van der Waals surface area contributed by atoms with Crippen LogP contribution < -0.4 is 10.6 Å². The summed E-state index contributed by atoms with van der Waals surface area (Å²) in [6, 6.07) is 7.11. The van der Waals surface area contributed by atoms with Crippen molar-refractivity contribution in [3.63, 3.8) is 0 Å². The summed E-state index contributed by atoms with van der Waals surface area (Å²) in [5, 5.41) is 25.7. The molecule has 2 rings (SSSR count). The molecule has 0 bridgehead atoms. The second-order valence-electron chi connectivity index (χ2n) is 4.20. The van der Waals surface area contributed by atoms with Gasteiger partial charge >= 0.3 is 12.0 Å². The van der Waals surface area contributed by atoms with Crippen molar-refractivity contribution in [2.45, 2.75) is 12.5 Å². The number of carbonyl (C=O) groups is 2. The highest BCUT2D eigenvalue weighted by atomic mass is 32.1. The Bertz CT molecular complexity index is 626. The summed E-state index contributed by atoms with van der Waals surface area (Å²) in [6.07, 6.45) is -1.50. The van der Waals surface area contributed by atoms with Gasteiger partial charge in [0.1, 0.15) is 0 Å². The van der Waals surface area contributed by atoms with Crippen LogP contribution in [0.2, 0.25) is 0 Å². The molecule has 2 aromatic rings. The van der Waals surface area contributed by atoms with E-state index in [9.17, 15) is 9.59 Å². The Kier molecular flexibility index (Phi) is 4.54. The number of carbonyl (C=O) groups excluding carboxylic acids is 1. The molecule has 0 saturated heterocycles. The zero-order valence-corrected chi connectivity index (χ0v) is 11.3. The molecule has 6 nitrogen and oxygen atoms in total. The first-order valence-corrected chi connectivity index (χ1v) is 6.87. The van der Waals surface area contributed by atoms with Crippen LogP contribution >= 0.6 is 11.3 Å². The fourth-order valence-corrected chi connectivity index (χ4v) is 2.44. The van der Waals surface area contributed by atoms with Gasteiger partial charge < -0.3 is 20.8 Å². The minimum Gasteiger partial charge on any atom is -0.479 e. The van der Waals surface area contributed by atoms with E-state index in [1.54, 1.807) is 17.4 Å². The molecular weight excluding hydrogens is 280 g/mol. The molecule has 2 amide bonds. The van der Waals surface area contributed by atoms with Crippen molar-refractivity contribution in [1.82, 2.24) is 5.32 Å². The van der Waals surface area contributed by atoms with Crippen molar-refractivity contribution in [3.8, 4) is 0 Å². The van der Waals surface area contributed by atoms with E-state index >= 15 is 0 Å². The molecule has 0 fully saturated rings. The largest absolute Gasteiger partial charge is 0.479 e. The smallest absolute Gasteiger partial charge is 0.332 e. The highest BCUT2D eigenvalue weighted by Gasteiger charge is 2.12. The first-order valence-electron chi connectivity index (χ1n) is 5.99. The Balaban J connectivity index is 1.83. The molecule has 1 atom stereocenters. The number of nitrogens with one attached hydrogen (secondary N) is 2. The summed E-state index contributed by atoms with van der Waals surface area (Å²) < 4.78 is 1.14. The third-order valence-electron chi connectivity index (χ3n) is 2.70. The molecule has 20 heavy (non-hydrogen) atoms. The highest BCUT2D eigenvalue weighted by molar-refractivity contribution is 7.17. The lowest BCUT2D eigenvalue weighted by Crippen LogP contribution is -2.33. The van der Waals surface area contributed by atoms with Crippen LogP contribution in [0.3, 0.4) is 0 Å². The third kappa shape index (κ3) is 3.69. The minimum absolute atomic E-state index is 0.0354. The molecule has 0 aliphatic carbocycles. The lowest BCUT2D eigenvalue weighted by molar-refractivity contribution is -0.146. The number of rotatable bonds is 5. The third-order valence-corrected chi connectivity index (χ3v) is 3.60. The van der Waals surface area contributed by atoms with Crippen LogP contribution in [-0.4, -0.2) is 34.9 Å². The van der Waals surface area contributed by atoms with Crippen molar-refractivity contribution >= 4 is 39.1 Å². The number of aliphatic hydroxyl groups is 1. The summed E-state index contributed by atoms with van der Waals surface area (Å²) in [6.45, 7) is 0.0833. The molecule has 7 heteroatoms. The summed E-state index contributed by atoms with van der Waals surface area (Å²) in [4.78, 5) is 22.0. The molecule has 0 saturated carbocycles. The van der Waals surface area contributed by atoms with Gasteiger partial charge in [0.25, 0.3) is 0 Å². The number of aliphatic hydroxyl groups excluding tert-OH is 1. The summed E-state index contributed by atoms with van der Waals surface area (Å²) in [5.74, 6) is -1.30. The average molecular weight is 294 g/mol. The van der Waals surface area contributed by atoms with E-state index in [1.165, 1.54) is 0 Å². The van der Waals surface area contributed by atoms with E-state index in [0.29, 0.717) is 5.69 Å². The predicted octanol–water partition coefficient (Wildman–Crippen LogP) is 1.86. The monoisotopic (exact) mass is 294 g/mol. The highest BCUT2D eigenvalue weighted by Crippen LogP contribution is 2.23. The van der Waals surface area contributed by atoms with Crippen LogP contribution in [0.4, 0.5) is 10.5 Å². The first-order chi connectivity index (χ1) is 9.56. The number of thiophene rings is 1. The lowest BCUT2D eigenvalue weighted by Gasteiger charge is -2.09. The van der Waals surface area contributed by atoms with Crippen molar-refractivity contribution in [3.05, 3.63) is 29.6 Å². The van der Waals surface area contributed by atoms with Gasteiger partial charge in [0.05, 0.1) is 0 Å². The van der Waals surface area contributed by atoms with Gasteiger partial charge in [-0.25, -0.2) is 9.59 Å². The molecule has 1 aromatic carbocycles. The summed E-state index contributed by atoms with van der Waals surface area (Å²) >= 11 is 1.62. The van der Waals surface area contributed by atoms with Crippen molar-refractivity contribution in [2.24, 2.45) is 0 Å². The number of hydrogen-bond acceptors (Lipinski definition) is 4. The predicted molar refractivity (Wildman–Crippen MR) is 77.1 cm³/mol. The number of hydrogen-bond donors (Lipinski definition) is 4. The van der Waals surface area contributed by atoms with E-state index in [2.05, 4.69) is 10.6 Å².